The van der Waals surface area contributed by atoms with Crippen LogP contribution in [-0.4, -0.2) is 25.6 Å². The van der Waals surface area contributed by atoms with Gasteiger partial charge in [-0.05, 0) is 63.1 Å². The summed E-state index contributed by atoms with van der Waals surface area (Å²) in [6.07, 6.45) is 0. The smallest absolute Gasteiger partial charge is 0.240 e. The molecule has 2 rings (SSSR count). The van der Waals surface area contributed by atoms with Crippen LogP contribution in [0.4, 0.5) is 5.69 Å². The first-order chi connectivity index (χ1) is 12.7. The Labute approximate surface area is 166 Å². The van der Waals surface area contributed by atoms with Gasteiger partial charge in [-0.15, -0.1) is 11.8 Å². The summed E-state index contributed by atoms with van der Waals surface area (Å²) in [6.45, 7) is 7.46. The number of amides is 1. The fraction of sp³-hybridized carbons (Fsp3) is 0.350. The predicted octanol–water partition coefficient (Wildman–Crippen LogP) is 3.94. The number of carbonyl (C=O) groups excluding carboxylic acids is 1. The lowest BCUT2D eigenvalue weighted by molar-refractivity contribution is -0.115. The normalized spacial score (nSPS) is 12.8. The van der Waals surface area contributed by atoms with Crippen LogP contribution in [0.25, 0.3) is 0 Å². The molecule has 0 bridgehead atoms. The second-order valence-electron chi connectivity index (χ2n) is 6.67. The van der Waals surface area contributed by atoms with E-state index in [4.69, 9.17) is 0 Å². The van der Waals surface area contributed by atoms with E-state index < -0.39 is 10.0 Å². The first-order valence-electron chi connectivity index (χ1n) is 8.78. The second-order valence-corrected chi connectivity index (χ2v) is 9.71. The zero-order chi connectivity index (χ0) is 20.0. The highest BCUT2D eigenvalue weighted by Gasteiger charge is 2.17. The van der Waals surface area contributed by atoms with Gasteiger partial charge in [0.2, 0.25) is 15.9 Å². The molecule has 0 saturated heterocycles. The fourth-order valence-electron chi connectivity index (χ4n) is 2.40. The van der Waals surface area contributed by atoms with Crippen LogP contribution < -0.4 is 10.0 Å². The summed E-state index contributed by atoms with van der Waals surface area (Å²) >= 11 is 1.57. The minimum atomic E-state index is -3.53. The van der Waals surface area contributed by atoms with Crippen molar-refractivity contribution in [2.75, 3.05) is 5.32 Å². The Morgan fingerprint density at radius 3 is 2.26 bits per heavy atom. The molecular weight excluding hydrogens is 380 g/mol. The Hall–Kier alpha value is -1.83. The molecular formula is C20H26N2O3S2. The number of carbonyl (C=O) groups is 1. The Bertz CT molecular complexity index is 878. The molecule has 1 unspecified atom stereocenters. The maximum Gasteiger partial charge on any atom is 0.240 e. The Balaban J connectivity index is 1.94. The van der Waals surface area contributed by atoms with Crippen LogP contribution in [0.3, 0.4) is 0 Å². The van der Waals surface area contributed by atoms with Gasteiger partial charge in [0.05, 0.1) is 10.1 Å². The summed E-state index contributed by atoms with van der Waals surface area (Å²) in [6, 6.07) is 14.1. The Morgan fingerprint density at radius 1 is 1.04 bits per heavy atom. The highest BCUT2D eigenvalue weighted by atomic mass is 32.2. The molecule has 0 radical (unpaired) electrons. The third kappa shape index (κ3) is 6.37. The minimum absolute atomic E-state index is 0.107. The van der Waals surface area contributed by atoms with E-state index >= 15 is 0 Å². The molecule has 0 aromatic heterocycles. The van der Waals surface area contributed by atoms with E-state index in [0.29, 0.717) is 5.69 Å². The molecule has 146 valence electrons. The fourth-order valence-corrected chi connectivity index (χ4v) is 4.62. The summed E-state index contributed by atoms with van der Waals surface area (Å²) in [4.78, 5) is 12.6. The lowest BCUT2D eigenvalue weighted by Gasteiger charge is -2.14. The van der Waals surface area contributed by atoms with Crippen molar-refractivity contribution >= 4 is 33.4 Å². The van der Waals surface area contributed by atoms with Gasteiger partial charge in [0.1, 0.15) is 0 Å². The van der Waals surface area contributed by atoms with Crippen molar-refractivity contribution in [2.24, 2.45) is 0 Å². The largest absolute Gasteiger partial charge is 0.325 e. The van der Waals surface area contributed by atoms with Crippen LogP contribution in [0.15, 0.2) is 53.4 Å². The van der Waals surface area contributed by atoms with E-state index in [9.17, 15) is 13.2 Å². The van der Waals surface area contributed by atoms with Crippen molar-refractivity contribution in [3.05, 3.63) is 59.7 Å². The van der Waals surface area contributed by atoms with Gasteiger partial charge >= 0.3 is 0 Å². The van der Waals surface area contributed by atoms with E-state index in [2.05, 4.69) is 29.1 Å². The second kappa shape index (κ2) is 9.39. The molecule has 2 N–H and O–H groups in total. The van der Waals surface area contributed by atoms with Crippen LogP contribution in [0.5, 0.6) is 0 Å². The Kier molecular flexibility index (Phi) is 7.47. The summed E-state index contributed by atoms with van der Waals surface area (Å²) < 4.78 is 26.8. The summed E-state index contributed by atoms with van der Waals surface area (Å²) in [7, 11) is -3.53. The van der Waals surface area contributed by atoms with E-state index in [1.54, 1.807) is 37.7 Å². The number of anilines is 1. The number of aryl methyl sites for hydroxylation is 1. The molecule has 1 amide bonds. The van der Waals surface area contributed by atoms with Gasteiger partial charge < -0.3 is 5.32 Å². The van der Waals surface area contributed by atoms with E-state index in [1.807, 2.05) is 19.1 Å². The van der Waals surface area contributed by atoms with Crippen molar-refractivity contribution < 1.29 is 13.2 Å². The van der Waals surface area contributed by atoms with Crippen LogP contribution >= 0.6 is 11.8 Å². The third-order valence-electron chi connectivity index (χ3n) is 3.94. The SMILES string of the molecule is Cc1ccccc1CSC(C)C(=O)Nc1ccc(S(=O)(=O)NC(C)C)cc1. The Morgan fingerprint density at radius 2 is 1.67 bits per heavy atom. The zero-order valence-corrected chi connectivity index (χ0v) is 17.7. The van der Waals surface area contributed by atoms with Crippen molar-refractivity contribution in [1.29, 1.82) is 0 Å². The molecule has 0 aliphatic carbocycles. The number of thioether (sulfide) groups is 1. The summed E-state index contributed by atoms with van der Waals surface area (Å²) in [5, 5.41) is 2.61. The molecule has 2 aromatic rings. The zero-order valence-electron chi connectivity index (χ0n) is 16.0. The lowest BCUT2D eigenvalue weighted by atomic mass is 10.1. The lowest BCUT2D eigenvalue weighted by Crippen LogP contribution is -2.30. The van der Waals surface area contributed by atoms with Crippen LogP contribution in [-0.2, 0) is 20.6 Å². The highest BCUT2D eigenvalue weighted by molar-refractivity contribution is 7.99. The number of benzene rings is 2. The maximum absolute atomic E-state index is 12.4. The standard InChI is InChI=1S/C20H26N2O3S2/c1-14(2)22-27(24,25)19-11-9-18(10-12-19)21-20(23)16(4)26-13-17-8-6-5-7-15(17)3/h5-12,14,16,22H,13H2,1-4H3,(H,21,23). The maximum atomic E-state index is 12.4. The van der Waals surface area contributed by atoms with Crippen molar-refractivity contribution in [1.82, 2.24) is 4.72 Å². The molecule has 0 saturated carbocycles. The monoisotopic (exact) mass is 406 g/mol. The van der Waals surface area contributed by atoms with Crippen molar-refractivity contribution in [3.63, 3.8) is 0 Å². The molecule has 1 atom stereocenters. The van der Waals surface area contributed by atoms with Crippen molar-refractivity contribution in [2.45, 2.75) is 49.6 Å². The van der Waals surface area contributed by atoms with Gasteiger partial charge in [-0.2, -0.15) is 0 Å². The minimum Gasteiger partial charge on any atom is -0.325 e. The van der Waals surface area contributed by atoms with Crippen LogP contribution in [0, 0.1) is 6.92 Å². The molecule has 7 heteroatoms. The molecule has 0 aliphatic rings. The molecule has 0 fully saturated rings. The highest BCUT2D eigenvalue weighted by Crippen LogP contribution is 2.22. The first-order valence-corrected chi connectivity index (χ1v) is 11.3. The van der Waals surface area contributed by atoms with Gasteiger partial charge in [-0.3, -0.25) is 4.79 Å². The van der Waals surface area contributed by atoms with Crippen molar-refractivity contribution in [3.8, 4) is 0 Å². The summed E-state index contributed by atoms with van der Waals surface area (Å²) in [5.41, 5.74) is 3.01. The van der Waals surface area contributed by atoms with Gasteiger partial charge in [-0.1, -0.05) is 24.3 Å². The van der Waals surface area contributed by atoms with Gasteiger partial charge in [0, 0.05) is 17.5 Å². The van der Waals surface area contributed by atoms with E-state index in [0.717, 1.165) is 5.75 Å². The molecule has 0 heterocycles. The number of hydrogen-bond acceptors (Lipinski definition) is 4. The first kappa shape index (κ1) is 21.5. The molecule has 5 nitrogen and oxygen atoms in total. The van der Waals surface area contributed by atoms with E-state index in [1.165, 1.54) is 23.3 Å². The predicted molar refractivity (Wildman–Crippen MR) is 112 cm³/mol. The quantitative estimate of drug-likeness (QED) is 0.696. The third-order valence-corrected chi connectivity index (χ3v) is 6.81. The van der Waals surface area contributed by atoms with Gasteiger partial charge in [0.25, 0.3) is 0 Å². The molecule has 27 heavy (non-hydrogen) atoms. The van der Waals surface area contributed by atoms with Crippen LogP contribution in [0.1, 0.15) is 31.9 Å². The number of nitrogens with one attached hydrogen (secondary N) is 2. The van der Waals surface area contributed by atoms with Crippen LogP contribution in [0.2, 0.25) is 0 Å². The average molecular weight is 407 g/mol. The molecule has 2 aromatic carbocycles. The van der Waals surface area contributed by atoms with Gasteiger partial charge in [0.15, 0.2) is 0 Å². The number of sulfonamides is 1. The van der Waals surface area contributed by atoms with Gasteiger partial charge in [-0.25, -0.2) is 13.1 Å². The molecule has 0 aliphatic heterocycles. The summed E-state index contributed by atoms with van der Waals surface area (Å²) in [5.74, 6) is 0.656. The number of hydrogen-bond donors (Lipinski definition) is 2. The average Bonchev–Trinajstić information content (AvgIpc) is 2.60. The topological polar surface area (TPSA) is 75.3 Å². The molecule has 0 spiro atoms. The number of rotatable bonds is 8. The van der Waals surface area contributed by atoms with E-state index in [-0.39, 0.29) is 22.1 Å².